The van der Waals surface area contributed by atoms with Crippen molar-refractivity contribution in [1.82, 2.24) is 4.98 Å². The smallest absolute Gasteiger partial charge is 0.338 e. The van der Waals surface area contributed by atoms with E-state index in [1.165, 1.54) is 25.3 Å². The molecule has 0 spiro atoms. The number of aromatic nitrogens is 1. The number of fused-ring (bicyclic) bond motifs is 1. The number of hydrogen-bond acceptors (Lipinski definition) is 4. The third-order valence-electron chi connectivity index (χ3n) is 3.78. The Labute approximate surface area is 139 Å². The molecule has 0 aliphatic heterocycles. The van der Waals surface area contributed by atoms with Crippen LogP contribution in [0.1, 0.15) is 15.9 Å². The van der Waals surface area contributed by atoms with Gasteiger partial charge in [-0.15, -0.1) is 0 Å². The summed E-state index contributed by atoms with van der Waals surface area (Å²) in [5.74, 6) is -0.571. The summed E-state index contributed by atoms with van der Waals surface area (Å²) in [7, 11) is -2.57. The first-order valence-corrected chi connectivity index (χ1v) is 8.68. The predicted molar refractivity (Wildman–Crippen MR) is 91.6 cm³/mol. The summed E-state index contributed by atoms with van der Waals surface area (Å²) in [5, 5.41) is 0.898. The van der Waals surface area contributed by atoms with Crippen LogP contribution >= 0.6 is 0 Å². The highest BCUT2D eigenvalue weighted by Gasteiger charge is 2.21. The molecule has 7 heteroatoms. The second-order valence-corrected chi connectivity index (χ2v) is 6.96. The molecular weight excluding hydrogens is 328 g/mol. The number of sulfonamides is 1. The van der Waals surface area contributed by atoms with Crippen LogP contribution in [-0.2, 0) is 14.8 Å². The van der Waals surface area contributed by atoms with Crippen molar-refractivity contribution in [1.29, 1.82) is 0 Å². The van der Waals surface area contributed by atoms with Gasteiger partial charge in [0.2, 0.25) is 0 Å². The first-order valence-electron chi connectivity index (χ1n) is 7.20. The van der Waals surface area contributed by atoms with E-state index in [4.69, 9.17) is 0 Å². The van der Waals surface area contributed by atoms with Crippen molar-refractivity contribution < 1.29 is 17.9 Å². The third-order valence-corrected chi connectivity index (χ3v) is 5.31. The second kappa shape index (κ2) is 6.01. The van der Waals surface area contributed by atoms with Gasteiger partial charge in [-0.05, 0) is 48.9 Å². The molecule has 0 atom stereocenters. The number of esters is 1. The molecule has 0 aliphatic carbocycles. The third kappa shape index (κ3) is 2.85. The molecule has 0 amide bonds. The summed E-state index contributed by atoms with van der Waals surface area (Å²) in [5.41, 5.74) is 1.94. The van der Waals surface area contributed by atoms with Crippen molar-refractivity contribution >= 4 is 32.6 Å². The summed E-state index contributed by atoms with van der Waals surface area (Å²) < 4.78 is 32.6. The van der Waals surface area contributed by atoms with Crippen LogP contribution < -0.4 is 4.72 Å². The van der Waals surface area contributed by atoms with Crippen LogP contribution in [0.25, 0.3) is 10.9 Å². The standard InChI is InChI=1S/C17H16N2O4S/c1-11-14(17(20)23-2)4-3-5-16(11)24(21,22)19-13-6-7-15-12(10-13)8-9-18-15/h3-10,18-19H,1-2H3. The zero-order valence-electron chi connectivity index (χ0n) is 13.2. The number of aromatic amines is 1. The van der Waals surface area contributed by atoms with E-state index >= 15 is 0 Å². The fourth-order valence-corrected chi connectivity index (χ4v) is 3.88. The molecule has 0 unspecified atom stereocenters. The lowest BCUT2D eigenvalue weighted by Gasteiger charge is -2.12. The molecule has 1 aromatic heterocycles. The Morgan fingerprint density at radius 1 is 1.17 bits per heavy atom. The first-order chi connectivity index (χ1) is 11.4. The van der Waals surface area contributed by atoms with Gasteiger partial charge < -0.3 is 9.72 Å². The lowest BCUT2D eigenvalue weighted by molar-refractivity contribution is 0.0599. The van der Waals surface area contributed by atoms with E-state index in [9.17, 15) is 13.2 Å². The minimum Gasteiger partial charge on any atom is -0.465 e. The van der Waals surface area contributed by atoms with Crippen molar-refractivity contribution in [2.45, 2.75) is 11.8 Å². The monoisotopic (exact) mass is 344 g/mol. The van der Waals surface area contributed by atoms with Crippen LogP contribution in [0.15, 0.2) is 53.6 Å². The Hall–Kier alpha value is -2.80. The van der Waals surface area contributed by atoms with Crippen LogP contribution in [0.2, 0.25) is 0 Å². The maximum atomic E-state index is 12.7. The highest BCUT2D eigenvalue weighted by molar-refractivity contribution is 7.92. The minimum atomic E-state index is -3.83. The van der Waals surface area contributed by atoms with Crippen molar-refractivity contribution in [3.8, 4) is 0 Å². The minimum absolute atomic E-state index is 0.0413. The number of methoxy groups -OCH3 is 1. The van der Waals surface area contributed by atoms with Crippen LogP contribution in [0.3, 0.4) is 0 Å². The number of carbonyl (C=O) groups excluding carboxylic acids is 1. The Morgan fingerprint density at radius 3 is 2.71 bits per heavy atom. The van der Waals surface area contributed by atoms with E-state index in [-0.39, 0.29) is 10.5 Å². The van der Waals surface area contributed by atoms with Gasteiger partial charge in [-0.2, -0.15) is 0 Å². The summed E-state index contributed by atoms with van der Waals surface area (Å²) in [6, 6.07) is 11.6. The number of anilines is 1. The molecule has 24 heavy (non-hydrogen) atoms. The molecule has 2 N–H and O–H groups in total. The fourth-order valence-electron chi connectivity index (χ4n) is 2.56. The van der Waals surface area contributed by atoms with Gasteiger partial charge in [0.15, 0.2) is 0 Å². The maximum absolute atomic E-state index is 12.7. The molecule has 0 bridgehead atoms. The number of carbonyl (C=O) groups is 1. The largest absolute Gasteiger partial charge is 0.465 e. The number of nitrogens with one attached hydrogen (secondary N) is 2. The van der Waals surface area contributed by atoms with Crippen LogP contribution in [0.4, 0.5) is 5.69 Å². The van der Waals surface area contributed by atoms with Gasteiger partial charge in [0.25, 0.3) is 10.0 Å². The number of rotatable bonds is 4. The fraction of sp³-hybridized carbons (Fsp3) is 0.118. The Balaban J connectivity index is 2.00. The van der Waals surface area contributed by atoms with Gasteiger partial charge in [-0.1, -0.05) is 6.07 Å². The van der Waals surface area contributed by atoms with Crippen LogP contribution in [-0.4, -0.2) is 26.5 Å². The van der Waals surface area contributed by atoms with E-state index in [2.05, 4.69) is 14.4 Å². The Kier molecular flexibility index (Phi) is 4.02. The molecule has 3 rings (SSSR count). The first kappa shape index (κ1) is 16.1. The molecule has 0 fully saturated rings. The molecule has 1 heterocycles. The van der Waals surface area contributed by atoms with Crippen molar-refractivity contribution in [3.63, 3.8) is 0 Å². The molecule has 6 nitrogen and oxygen atoms in total. The van der Waals surface area contributed by atoms with Crippen LogP contribution in [0.5, 0.6) is 0 Å². The zero-order chi connectivity index (χ0) is 17.3. The maximum Gasteiger partial charge on any atom is 0.338 e. The van der Waals surface area contributed by atoms with Crippen molar-refractivity contribution in [2.75, 3.05) is 11.8 Å². The van der Waals surface area contributed by atoms with Gasteiger partial charge in [0.05, 0.1) is 17.6 Å². The van der Waals surface area contributed by atoms with Crippen molar-refractivity contribution in [3.05, 3.63) is 59.8 Å². The van der Waals surface area contributed by atoms with Gasteiger partial charge in [0.1, 0.15) is 0 Å². The highest BCUT2D eigenvalue weighted by Crippen LogP contribution is 2.24. The van der Waals surface area contributed by atoms with Gasteiger partial charge >= 0.3 is 5.97 Å². The zero-order valence-corrected chi connectivity index (χ0v) is 14.0. The van der Waals surface area contributed by atoms with E-state index in [0.717, 1.165) is 10.9 Å². The van der Waals surface area contributed by atoms with Crippen LogP contribution in [0, 0.1) is 6.92 Å². The molecule has 0 radical (unpaired) electrons. The molecule has 2 aromatic carbocycles. The van der Waals surface area contributed by atoms with E-state index in [1.54, 1.807) is 31.3 Å². The molecule has 0 saturated heterocycles. The number of benzene rings is 2. The predicted octanol–water partition coefficient (Wildman–Crippen LogP) is 3.06. The molecule has 3 aromatic rings. The molecule has 124 valence electrons. The Bertz CT molecular complexity index is 1020. The summed E-state index contributed by atoms with van der Waals surface area (Å²) >= 11 is 0. The topological polar surface area (TPSA) is 88.3 Å². The molecule has 0 saturated carbocycles. The van der Waals surface area contributed by atoms with Gasteiger partial charge in [-0.25, -0.2) is 13.2 Å². The number of H-pyrrole nitrogens is 1. The number of hydrogen-bond donors (Lipinski definition) is 2. The lowest BCUT2D eigenvalue weighted by atomic mass is 10.1. The Morgan fingerprint density at radius 2 is 1.96 bits per heavy atom. The van der Waals surface area contributed by atoms with E-state index < -0.39 is 16.0 Å². The SMILES string of the molecule is COC(=O)c1cccc(S(=O)(=O)Nc2ccc3[nH]ccc3c2)c1C. The second-order valence-electron chi connectivity index (χ2n) is 5.31. The number of ether oxygens (including phenoxy) is 1. The molecular formula is C17H16N2O4S. The van der Waals surface area contributed by atoms with Gasteiger partial charge in [-0.3, -0.25) is 4.72 Å². The lowest BCUT2D eigenvalue weighted by Crippen LogP contribution is -2.16. The quantitative estimate of drug-likeness (QED) is 0.712. The van der Waals surface area contributed by atoms with Gasteiger partial charge in [0, 0.05) is 22.8 Å². The average molecular weight is 344 g/mol. The van der Waals surface area contributed by atoms with E-state index in [0.29, 0.717) is 11.3 Å². The summed E-state index contributed by atoms with van der Waals surface area (Å²) in [4.78, 5) is 14.8. The normalized spacial score (nSPS) is 11.4. The van der Waals surface area contributed by atoms with Crippen molar-refractivity contribution in [2.24, 2.45) is 0 Å². The molecule has 0 aliphatic rings. The highest BCUT2D eigenvalue weighted by atomic mass is 32.2. The average Bonchev–Trinajstić information content (AvgIpc) is 3.01. The summed E-state index contributed by atoms with van der Waals surface area (Å²) in [6.07, 6.45) is 1.78. The van der Waals surface area contributed by atoms with E-state index in [1.807, 2.05) is 6.07 Å². The summed E-state index contributed by atoms with van der Waals surface area (Å²) in [6.45, 7) is 1.58.